The third-order valence-electron chi connectivity index (χ3n) is 5.81. The molecule has 1 N–H and O–H groups in total. The van der Waals surface area contributed by atoms with E-state index in [2.05, 4.69) is 25.2 Å². The van der Waals surface area contributed by atoms with Gasteiger partial charge in [0.15, 0.2) is 0 Å². The molecule has 2 atom stereocenters. The fourth-order valence-electron chi connectivity index (χ4n) is 3.61. The molecule has 1 aromatic rings. The third-order valence-corrected chi connectivity index (χ3v) is 7.07. The molecule has 1 rings (SSSR count). The van der Waals surface area contributed by atoms with Crippen LogP contribution in [0.3, 0.4) is 0 Å². The molecule has 0 aliphatic heterocycles. The Bertz CT molecular complexity index is 921. The summed E-state index contributed by atoms with van der Waals surface area (Å²) in [6.45, 7) is 2.67. The Kier molecular flexibility index (Phi) is 20.3. The van der Waals surface area contributed by atoms with Crippen LogP contribution < -0.4 is 4.74 Å². The summed E-state index contributed by atoms with van der Waals surface area (Å²) in [7, 11) is 2.74. The summed E-state index contributed by atoms with van der Waals surface area (Å²) in [5, 5.41) is 10.6. The van der Waals surface area contributed by atoms with Gasteiger partial charge in [0.2, 0.25) is 0 Å². The number of benzene rings is 1. The highest BCUT2D eigenvalue weighted by Crippen LogP contribution is 2.21. The zero-order valence-electron chi connectivity index (χ0n) is 23.8. The summed E-state index contributed by atoms with van der Waals surface area (Å²) in [4.78, 5) is 22.9. The molecule has 0 aromatic heterocycles. The van der Waals surface area contributed by atoms with Gasteiger partial charge in [0.25, 0.3) is 0 Å². The fourth-order valence-corrected chi connectivity index (χ4v) is 4.62. The number of esters is 2. The van der Waals surface area contributed by atoms with Crippen molar-refractivity contribution in [3.05, 3.63) is 78.4 Å². The number of aliphatic hydroxyl groups excluding tert-OH is 1. The van der Waals surface area contributed by atoms with Crippen molar-refractivity contribution < 1.29 is 28.9 Å². The van der Waals surface area contributed by atoms with Crippen LogP contribution in [-0.4, -0.2) is 55.0 Å². The molecule has 0 heterocycles. The first-order valence-electron chi connectivity index (χ1n) is 13.8. The minimum atomic E-state index is -0.596. The van der Waals surface area contributed by atoms with E-state index in [1.165, 1.54) is 33.5 Å². The van der Waals surface area contributed by atoms with Gasteiger partial charge in [0.05, 0.1) is 33.4 Å². The Balaban J connectivity index is 2.57. The normalized spacial score (nSPS) is 13.4. The van der Waals surface area contributed by atoms with Crippen molar-refractivity contribution in [2.45, 2.75) is 76.1 Å². The number of methoxy groups -OCH3 is 2. The van der Waals surface area contributed by atoms with E-state index in [0.29, 0.717) is 31.0 Å². The average molecular weight is 559 g/mol. The average Bonchev–Trinajstić information content (AvgIpc) is 2.94. The number of rotatable bonds is 21. The van der Waals surface area contributed by atoms with E-state index in [-0.39, 0.29) is 30.0 Å². The van der Waals surface area contributed by atoms with Gasteiger partial charge >= 0.3 is 11.9 Å². The van der Waals surface area contributed by atoms with Crippen molar-refractivity contribution in [1.82, 2.24) is 0 Å². The van der Waals surface area contributed by atoms with Gasteiger partial charge in [-0.3, -0.25) is 9.59 Å². The van der Waals surface area contributed by atoms with Crippen molar-refractivity contribution in [2.75, 3.05) is 26.6 Å². The largest absolute Gasteiger partial charge is 0.493 e. The molecule has 0 saturated heterocycles. The number of hydrogen-bond donors (Lipinski definition) is 1. The quantitative estimate of drug-likeness (QED) is 0.0770. The van der Waals surface area contributed by atoms with Crippen LogP contribution in [0.1, 0.15) is 63.9 Å². The van der Waals surface area contributed by atoms with Crippen LogP contribution in [0, 0.1) is 0 Å². The molecule has 0 radical (unpaired) electrons. The van der Waals surface area contributed by atoms with Crippen molar-refractivity contribution >= 4 is 23.7 Å². The van der Waals surface area contributed by atoms with Gasteiger partial charge in [0.1, 0.15) is 5.75 Å². The molecule has 0 spiro atoms. The van der Waals surface area contributed by atoms with E-state index in [1.807, 2.05) is 54.6 Å². The van der Waals surface area contributed by atoms with Crippen molar-refractivity contribution in [2.24, 2.45) is 0 Å². The van der Waals surface area contributed by atoms with Crippen LogP contribution in [0.5, 0.6) is 5.75 Å². The molecule has 0 fully saturated rings. The van der Waals surface area contributed by atoms with Crippen LogP contribution >= 0.6 is 11.8 Å². The molecule has 0 bridgehead atoms. The zero-order valence-corrected chi connectivity index (χ0v) is 24.6. The smallest absolute Gasteiger partial charge is 0.309 e. The van der Waals surface area contributed by atoms with Gasteiger partial charge in [0, 0.05) is 17.4 Å². The summed E-state index contributed by atoms with van der Waals surface area (Å²) in [5.41, 5.74) is 0.831. The summed E-state index contributed by atoms with van der Waals surface area (Å²) in [6.07, 6.45) is 23.3. The second kappa shape index (κ2) is 23.1. The topological polar surface area (TPSA) is 82.1 Å². The highest BCUT2D eigenvalue weighted by molar-refractivity contribution is 8.00. The van der Waals surface area contributed by atoms with Crippen LogP contribution in [-0.2, 0) is 25.5 Å². The molecular weight excluding hydrogens is 512 g/mol. The lowest BCUT2D eigenvalue weighted by Crippen LogP contribution is -2.22. The standard InChI is InChI=1S/C32H46O6S/c1-4-5-6-7-8-9-10-11-12-13-14-15-21-30(29(33)20-17-22-31(34)36-2)39-24-23-38-28-19-16-18-27(25-28)26-32(35)37-3/h8-9,11-16,18-19,21,25,29-30,33H,4-7,10,17,20,22-24,26H2,1-3H3/b9-8-,12-11-,14-13+,21-15+/t29-,30-/m0/s1. The lowest BCUT2D eigenvalue weighted by atomic mass is 10.1. The van der Waals surface area contributed by atoms with Crippen LogP contribution in [0.25, 0.3) is 0 Å². The maximum absolute atomic E-state index is 11.5. The van der Waals surface area contributed by atoms with Gasteiger partial charge < -0.3 is 19.3 Å². The number of carbonyl (C=O) groups is 2. The molecule has 0 unspecified atom stereocenters. The molecule has 0 aliphatic carbocycles. The summed E-state index contributed by atoms with van der Waals surface area (Å²) in [6, 6.07) is 7.40. The molecule has 6 nitrogen and oxygen atoms in total. The number of ether oxygens (including phenoxy) is 3. The van der Waals surface area contributed by atoms with Crippen LogP contribution in [0.2, 0.25) is 0 Å². The Morgan fingerprint density at radius 1 is 0.974 bits per heavy atom. The number of hydrogen-bond acceptors (Lipinski definition) is 7. The monoisotopic (exact) mass is 558 g/mol. The van der Waals surface area contributed by atoms with Crippen LogP contribution in [0.15, 0.2) is 72.9 Å². The van der Waals surface area contributed by atoms with E-state index in [0.717, 1.165) is 18.4 Å². The Morgan fingerprint density at radius 3 is 2.54 bits per heavy atom. The highest BCUT2D eigenvalue weighted by Gasteiger charge is 2.17. The molecule has 39 heavy (non-hydrogen) atoms. The Hall–Kier alpha value is -2.77. The van der Waals surface area contributed by atoms with E-state index in [9.17, 15) is 14.7 Å². The maximum atomic E-state index is 11.5. The number of thioether (sulfide) groups is 1. The van der Waals surface area contributed by atoms with E-state index in [4.69, 9.17) is 14.2 Å². The van der Waals surface area contributed by atoms with Gasteiger partial charge in [-0.2, -0.15) is 0 Å². The zero-order chi connectivity index (χ0) is 28.6. The number of aliphatic hydroxyl groups is 1. The third kappa shape index (κ3) is 18.2. The Labute approximate surface area is 239 Å². The lowest BCUT2D eigenvalue weighted by molar-refractivity contribution is -0.141. The van der Waals surface area contributed by atoms with Crippen molar-refractivity contribution in [1.29, 1.82) is 0 Å². The molecule has 1 aromatic carbocycles. The van der Waals surface area contributed by atoms with Gasteiger partial charge in [-0.05, 0) is 49.8 Å². The highest BCUT2D eigenvalue weighted by atomic mass is 32.2. The van der Waals surface area contributed by atoms with Crippen LogP contribution in [0.4, 0.5) is 0 Å². The molecule has 0 aliphatic rings. The molecule has 0 amide bonds. The minimum Gasteiger partial charge on any atom is -0.493 e. The summed E-state index contributed by atoms with van der Waals surface area (Å²) < 4.78 is 15.3. The first-order chi connectivity index (χ1) is 19.0. The predicted molar refractivity (Wildman–Crippen MR) is 161 cm³/mol. The fraction of sp³-hybridized carbons (Fsp3) is 0.500. The van der Waals surface area contributed by atoms with Gasteiger partial charge in [-0.25, -0.2) is 0 Å². The van der Waals surface area contributed by atoms with Crippen molar-refractivity contribution in [3.8, 4) is 5.75 Å². The number of unbranched alkanes of at least 4 members (excludes halogenated alkanes) is 3. The second-order valence-corrected chi connectivity index (χ2v) is 10.3. The van der Waals surface area contributed by atoms with E-state index >= 15 is 0 Å². The molecular formula is C32H46O6S. The van der Waals surface area contributed by atoms with Gasteiger partial charge in [-0.15, -0.1) is 11.8 Å². The molecule has 0 saturated carbocycles. The lowest BCUT2D eigenvalue weighted by Gasteiger charge is -2.19. The number of carbonyl (C=O) groups excluding carboxylic acids is 2. The van der Waals surface area contributed by atoms with E-state index in [1.54, 1.807) is 11.8 Å². The first-order valence-corrected chi connectivity index (χ1v) is 14.8. The number of allylic oxidation sites excluding steroid dienone is 7. The Morgan fingerprint density at radius 2 is 1.77 bits per heavy atom. The summed E-state index contributed by atoms with van der Waals surface area (Å²) in [5.74, 6) is 0.791. The maximum Gasteiger partial charge on any atom is 0.309 e. The van der Waals surface area contributed by atoms with Gasteiger partial charge in [-0.1, -0.05) is 80.5 Å². The summed E-state index contributed by atoms with van der Waals surface area (Å²) >= 11 is 1.60. The second-order valence-electron chi connectivity index (χ2n) is 9.02. The molecule has 7 heteroatoms. The minimum absolute atomic E-state index is 0.142. The van der Waals surface area contributed by atoms with Crippen molar-refractivity contribution in [3.63, 3.8) is 0 Å². The SMILES string of the molecule is CCCCC/C=C\C\C=C/C=C/C=C/[C@H](SCCOc1cccc(CC(=O)OC)c1)[C@@H](O)CCCC(=O)OC. The molecule has 216 valence electrons. The predicted octanol–water partition coefficient (Wildman–Crippen LogP) is 6.78. The van der Waals surface area contributed by atoms with E-state index < -0.39 is 6.10 Å². The first kappa shape index (κ1) is 34.3.